The van der Waals surface area contributed by atoms with E-state index in [2.05, 4.69) is 0 Å². The van der Waals surface area contributed by atoms with Gasteiger partial charge in [0.1, 0.15) is 11.9 Å². The van der Waals surface area contributed by atoms with Crippen molar-refractivity contribution in [1.82, 2.24) is 0 Å². The quantitative estimate of drug-likeness (QED) is 0.371. The number of hydrogen-bond donors (Lipinski definition) is 1. The molecule has 1 fully saturated rings. The molecule has 2 rings (SSSR count). The first kappa shape index (κ1) is 14.9. The summed E-state index contributed by atoms with van der Waals surface area (Å²) in [7, 11) is 0. The Morgan fingerprint density at radius 2 is 1.80 bits per heavy atom. The van der Waals surface area contributed by atoms with Crippen LogP contribution in [0.25, 0.3) is 0 Å². The Bertz CT molecular complexity index is 495. The van der Waals surface area contributed by atoms with Crippen LogP contribution in [-0.2, 0) is 14.3 Å². The van der Waals surface area contributed by atoms with Crippen molar-refractivity contribution >= 4 is 6.29 Å². The Morgan fingerprint density at radius 1 is 1.25 bits per heavy atom. The zero-order valence-electron chi connectivity index (χ0n) is 12.1. The minimum absolute atomic E-state index is 0.545. The van der Waals surface area contributed by atoms with Crippen molar-refractivity contribution in [3.63, 3.8) is 0 Å². The van der Waals surface area contributed by atoms with Crippen molar-refractivity contribution in [2.75, 3.05) is 13.2 Å². The summed E-state index contributed by atoms with van der Waals surface area (Å²) < 4.78 is 11.2. The van der Waals surface area contributed by atoms with E-state index in [0.29, 0.717) is 13.2 Å². The molecule has 0 aromatic rings. The van der Waals surface area contributed by atoms with Crippen LogP contribution in [0.2, 0.25) is 0 Å². The van der Waals surface area contributed by atoms with E-state index in [0.717, 1.165) is 23.0 Å². The Balaban J connectivity index is 2.31. The fourth-order valence-corrected chi connectivity index (χ4v) is 2.46. The third kappa shape index (κ3) is 2.68. The van der Waals surface area contributed by atoms with Crippen LogP contribution in [0, 0.1) is 0 Å². The van der Waals surface area contributed by atoms with Crippen molar-refractivity contribution in [2.24, 2.45) is 0 Å². The molecular weight excluding hydrogens is 256 g/mol. The number of hydrogen-bond acceptors (Lipinski definition) is 4. The zero-order chi connectivity index (χ0) is 14.8. The summed E-state index contributed by atoms with van der Waals surface area (Å²) >= 11 is 0. The number of rotatable bonds is 3. The minimum Gasteiger partial charge on any atom is -0.377 e. The highest BCUT2D eigenvalue weighted by atomic mass is 16.7. The molecule has 1 aliphatic carbocycles. The predicted octanol–water partition coefficient (Wildman–Crippen LogP) is 2.07. The normalized spacial score (nSPS) is 24.9. The molecule has 1 heterocycles. The molecule has 0 atom stereocenters. The van der Waals surface area contributed by atoms with Crippen molar-refractivity contribution < 1.29 is 19.4 Å². The van der Waals surface area contributed by atoms with Crippen LogP contribution in [0.15, 0.2) is 47.1 Å². The molecule has 4 nitrogen and oxygen atoms in total. The molecule has 0 aromatic carbocycles. The summed E-state index contributed by atoms with van der Waals surface area (Å²) in [6.07, 6.45) is 9.20. The highest BCUT2D eigenvalue weighted by molar-refractivity contribution is 5.67. The lowest BCUT2D eigenvalue weighted by molar-refractivity contribution is -0.104. The number of allylic oxidation sites excluding steroid dienone is 3. The Morgan fingerprint density at radius 3 is 2.30 bits per heavy atom. The summed E-state index contributed by atoms with van der Waals surface area (Å²) in [5, 5.41) is 10.8. The van der Waals surface area contributed by atoms with Gasteiger partial charge in [-0.15, -0.1) is 0 Å². The molecule has 1 spiro atoms. The topological polar surface area (TPSA) is 55.8 Å². The average molecular weight is 276 g/mol. The summed E-state index contributed by atoms with van der Waals surface area (Å²) in [5.74, 6) is -0.831. The molecule has 0 radical (unpaired) electrons. The minimum atomic E-state index is -1.17. The molecule has 0 amide bonds. The number of aldehydes is 1. The van der Waals surface area contributed by atoms with Gasteiger partial charge < -0.3 is 14.6 Å². The van der Waals surface area contributed by atoms with Crippen LogP contribution in [0.3, 0.4) is 0 Å². The van der Waals surface area contributed by atoms with Gasteiger partial charge in [-0.25, -0.2) is 0 Å². The fourth-order valence-electron chi connectivity index (χ4n) is 2.46. The highest BCUT2D eigenvalue weighted by Gasteiger charge is 2.42. The summed E-state index contributed by atoms with van der Waals surface area (Å²) in [4.78, 5) is 10.4. The largest absolute Gasteiger partial charge is 0.377 e. The first-order valence-corrected chi connectivity index (χ1v) is 6.63. The maximum absolute atomic E-state index is 10.8. The lowest BCUT2D eigenvalue weighted by atomic mass is 9.80. The molecule has 1 saturated heterocycles. The van der Waals surface area contributed by atoms with Gasteiger partial charge in [0.2, 0.25) is 5.79 Å². The molecule has 2 aliphatic rings. The molecule has 0 bridgehead atoms. The monoisotopic (exact) mass is 276 g/mol. The lowest BCUT2D eigenvalue weighted by Gasteiger charge is -2.36. The molecule has 4 heteroatoms. The van der Waals surface area contributed by atoms with Gasteiger partial charge in [-0.05, 0) is 61.8 Å². The first-order chi connectivity index (χ1) is 9.42. The van der Waals surface area contributed by atoms with Crippen LogP contribution in [0.1, 0.15) is 20.8 Å². The van der Waals surface area contributed by atoms with Crippen molar-refractivity contribution in [3.8, 4) is 0 Å². The standard InChI is InChI=1S/C16H20O4/c1-12(5-7-17)4-6-16(18)13(2)10-15(11-14(16)3)19-8-9-20-15/h4-7,10-11,18H,8-9H2,1-3H3/b6-4+,12-5-. The Hall–Kier alpha value is -1.49. The number of carbonyl (C=O) groups is 1. The molecule has 20 heavy (non-hydrogen) atoms. The molecule has 108 valence electrons. The van der Waals surface area contributed by atoms with Gasteiger partial charge in [-0.3, -0.25) is 4.79 Å². The molecule has 0 aromatic heterocycles. The molecule has 1 aliphatic heterocycles. The SMILES string of the molecule is CC1=CC2(C=C(C)C1(O)/C=C/C(C)=C\C=O)OCCO2. The first-order valence-electron chi connectivity index (χ1n) is 6.63. The third-order valence-corrected chi connectivity index (χ3v) is 3.69. The van der Waals surface area contributed by atoms with Crippen molar-refractivity contribution in [2.45, 2.75) is 32.2 Å². The maximum atomic E-state index is 10.8. The van der Waals surface area contributed by atoms with E-state index in [1.165, 1.54) is 6.08 Å². The Kier molecular flexibility index (Phi) is 4.09. The second-order valence-electron chi connectivity index (χ2n) is 5.22. The van der Waals surface area contributed by atoms with Crippen LogP contribution in [0.4, 0.5) is 0 Å². The lowest BCUT2D eigenvalue weighted by Crippen LogP contribution is -2.39. The Labute approximate surface area is 119 Å². The van der Waals surface area contributed by atoms with E-state index in [9.17, 15) is 9.90 Å². The van der Waals surface area contributed by atoms with E-state index >= 15 is 0 Å². The maximum Gasteiger partial charge on any atom is 0.208 e. The third-order valence-electron chi connectivity index (χ3n) is 3.69. The van der Waals surface area contributed by atoms with Gasteiger partial charge in [-0.1, -0.05) is 6.08 Å². The smallest absolute Gasteiger partial charge is 0.208 e. The number of ether oxygens (including phenoxy) is 2. The van der Waals surface area contributed by atoms with Gasteiger partial charge in [0.15, 0.2) is 0 Å². The molecular formula is C16H20O4. The van der Waals surface area contributed by atoms with Crippen LogP contribution in [-0.4, -0.2) is 36.0 Å². The van der Waals surface area contributed by atoms with E-state index in [1.807, 2.05) is 13.8 Å². The van der Waals surface area contributed by atoms with E-state index in [4.69, 9.17) is 9.47 Å². The van der Waals surface area contributed by atoms with E-state index < -0.39 is 11.4 Å². The fraction of sp³-hybridized carbons (Fsp3) is 0.438. The highest BCUT2D eigenvalue weighted by Crippen LogP contribution is 2.39. The van der Waals surface area contributed by atoms with Crippen LogP contribution >= 0.6 is 0 Å². The number of carbonyl (C=O) groups excluding carboxylic acids is 1. The van der Waals surface area contributed by atoms with Gasteiger partial charge in [0.05, 0.1) is 13.2 Å². The van der Waals surface area contributed by atoms with E-state index in [-0.39, 0.29) is 0 Å². The number of aliphatic hydroxyl groups is 1. The van der Waals surface area contributed by atoms with Gasteiger partial charge >= 0.3 is 0 Å². The molecule has 1 N–H and O–H groups in total. The van der Waals surface area contributed by atoms with Crippen molar-refractivity contribution in [1.29, 1.82) is 0 Å². The summed E-state index contributed by atoms with van der Waals surface area (Å²) in [6, 6.07) is 0. The van der Waals surface area contributed by atoms with Gasteiger partial charge in [0.25, 0.3) is 0 Å². The summed E-state index contributed by atoms with van der Waals surface area (Å²) in [6.45, 7) is 6.57. The van der Waals surface area contributed by atoms with Gasteiger partial charge in [-0.2, -0.15) is 0 Å². The average Bonchev–Trinajstić information content (AvgIpc) is 2.82. The predicted molar refractivity (Wildman–Crippen MR) is 76.1 cm³/mol. The second-order valence-corrected chi connectivity index (χ2v) is 5.22. The zero-order valence-corrected chi connectivity index (χ0v) is 12.1. The van der Waals surface area contributed by atoms with Crippen LogP contribution in [0.5, 0.6) is 0 Å². The van der Waals surface area contributed by atoms with Crippen LogP contribution < -0.4 is 0 Å². The molecule has 0 saturated carbocycles. The summed E-state index contributed by atoms with van der Waals surface area (Å²) in [5.41, 5.74) is 1.10. The van der Waals surface area contributed by atoms with Crippen molar-refractivity contribution in [3.05, 3.63) is 47.1 Å². The van der Waals surface area contributed by atoms with E-state index in [1.54, 1.807) is 31.2 Å². The second kappa shape index (κ2) is 5.48. The molecule has 0 unspecified atom stereocenters. The van der Waals surface area contributed by atoms with Gasteiger partial charge in [0, 0.05) is 0 Å².